The van der Waals surface area contributed by atoms with Gasteiger partial charge in [0.15, 0.2) is 0 Å². The second kappa shape index (κ2) is 10.2. The van der Waals surface area contributed by atoms with E-state index in [2.05, 4.69) is 54.8 Å². The molecule has 0 spiro atoms. The number of anilines is 1. The molecule has 0 bridgehead atoms. The molecular formula is C25H36N2O3. The molecular weight excluding hydrogens is 376 g/mol. The molecule has 1 fully saturated rings. The van der Waals surface area contributed by atoms with Gasteiger partial charge in [-0.3, -0.25) is 4.90 Å². The Balaban J connectivity index is 1.44. The Hall–Kier alpha value is -2.24. The molecule has 0 aliphatic carbocycles. The Bertz CT molecular complexity index is 808. The van der Waals surface area contributed by atoms with Crippen LogP contribution >= 0.6 is 0 Å². The minimum absolute atomic E-state index is 0.00413. The molecule has 0 saturated carbocycles. The number of nitrogens with zero attached hydrogens (tertiary/aromatic N) is 2. The van der Waals surface area contributed by atoms with Gasteiger partial charge in [0, 0.05) is 38.3 Å². The van der Waals surface area contributed by atoms with Crippen molar-refractivity contribution in [2.45, 2.75) is 39.2 Å². The molecule has 0 atom stereocenters. The summed E-state index contributed by atoms with van der Waals surface area (Å²) in [4.78, 5) is 4.89. The molecule has 1 aliphatic rings. The molecule has 5 heteroatoms. The van der Waals surface area contributed by atoms with Crippen LogP contribution in [0.2, 0.25) is 0 Å². The van der Waals surface area contributed by atoms with E-state index < -0.39 is 0 Å². The maximum Gasteiger partial charge on any atom is 0.142 e. The molecule has 3 rings (SSSR count). The van der Waals surface area contributed by atoms with Gasteiger partial charge in [0.2, 0.25) is 0 Å². The van der Waals surface area contributed by atoms with Crippen LogP contribution in [-0.2, 0) is 12.0 Å². The number of ether oxygens (including phenoxy) is 2. The molecule has 1 saturated heterocycles. The van der Waals surface area contributed by atoms with Crippen molar-refractivity contribution in [3.8, 4) is 11.5 Å². The van der Waals surface area contributed by atoms with E-state index in [1.807, 2.05) is 18.2 Å². The first-order valence-corrected chi connectivity index (χ1v) is 10.9. The van der Waals surface area contributed by atoms with E-state index in [0.717, 1.165) is 56.2 Å². The van der Waals surface area contributed by atoms with Gasteiger partial charge in [-0.05, 0) is 41.7 Å². The Morgan fingerprint density at radius 3 is 2.37 bits per heavy atom. The molecule has 0 amide bonds. The zero-order valence-corrected chi connectivity index (χ0v) is 18.9. The summed E-state index contributed by atoms with van der Waals surface area (Å²) >= 11 is 0. The molecule has 164 valence electrons. The third-order valence-electron chi connectivity index (χ3n) is 5.77. The van der Waals surface area contributed by atoms with Gasteiger partial charge in [0.1, 0.15) is 11.5 Å². The topological polar surface area (TPSA) is 45.2 Å². The summed E-state index contributed by atoms with van der Waals surface area (Å²) < 4.78 is 11.5. The number of hydrogen-bond acceptors (Lipinski definition) is 5. The lowest BCUT2D eigenvalue weighted by molar-refractivity contribution is 0.219. The highest BCUT2D eigenvalue weighted by molar-refractivity contribution is 5.58. The fourth-order valence-corrected chi connectivity index (χ4v) is 3.88. The average molecular weight is 413 g/mol. The van der Waals surface area contributed by atoms with Crippen molar-refractivity contribution >= 4 is 5.69 Å². The van der Waals surface area contributed by atoms with Crippen LogP contribution in [0, 0.1) is 0 Å². The third-order valence-corrected chi connectivity index (χ3v) is 5.77. The van der Waals surface area contributed by atoms with E-state index in [-0.39, 0.29) is 12.0 Å². The number of rotatable bonds is 8. The van der Waals surface area contributed by atoms with Gasteiger partial charge in [-0.1, -0.05) is 39.0 Å². The van der Waals surface area contributed by atoms with Crippen LogP contribution in [-0.4, -0.2) is 56.4 Å². The van der Waals surface area contributed by atoms with Gasteiger partial charge >= 0.3 is 0 Å². The standard InChI is InChI=1S/C25H36N2O3/c1-25(2,3)21-10-11-23(20(18-21)19-28)30-17-7-12-26-13-15-27(16-14-26)22-8-5-6-9-24(22)29-4/h5-6,8-11,18,28H,7,12-17,19H2,1-4H3. The molecule has 2 aromatic rings. The Morgan fingerprint density at radius 2 is 1.70 bits per heavy atom. The number of hydrogen-bond donors (Lipinski definition) is 1. The highest BCUT2D eigenvalue weighted by Crippen LogP contribution is 2.29. The molecule has 0 aromatic heterocycles. The predicted octanol–water partition coefficient (Wildman–Crippen LogP) is 4.08. The summed E-state index contributed by atoms with van der Waals surface area (Å²) in [6.45, 7) is 12.3. The summed E-state index contributed by atoms with van der Waals surface area (Å²) in [7, 11) is 1.73. The van der Waals surface area contributed by atoms with Crippen molar-refractivity contribution in [3.63, 3.8) is 0 Å². The van der Waals surface area contributed by atoms with E-state index in [0.29, 0.717) is 6.61 Å². The van der Waals surface area contributed by atoms with Gasteiger partial charge < -0.3 is 19.5 Å². The van der Waals surface area contributed by atoms with E-state index in [9.17, 15) is 5.11 Å². The minimum atomic E-state index is 0.00413. The van der Waals surface area contributed by atoms with Crippen LogP contribution in [0.1, 0.15) is 38.3 Å². The van der Waals surface area contributed by atoms with Crippen molar-refractivity contribution in [3.05, 3.63) is 53.6 Å². The van der Waals surface area contributed by atoms with Crippen molar-refractivity contribution in [2.24, 2.45) is 0 Å². The zero-order chi connectivity index (χ0) is 21.6. The van der Waals surface area contributed by atoms with Crippen molar-refractivity contribution < 1.29 is 14.6 Å². The van der Waals surface area contributed by atoms with Gasteiger partial charge in [0.05, 0.1) is 26.0 Å². The van der Waals surface area contributed by atoms with Crippen molar-refractivity contribution in [2.75, 3.05) is 51.3 Å². The van der Waals surface area contributed by atoms with E-state index in [1.54, 1.807) is 7.11 Å². The number of piperazine rings is 1. The van der Waals surface area contributed by atoms with Gasteiger partial charge in [-0.25, -0.2) is 0 Å². The molecule has 2 aromatic carbocycles. The summed E-state index contributed by atoms with van der Waals surface area (Å²) in [5.41, 5.74) is 3.33. The molecule has 1 aliphatic heterocycles. The average Bonchev–Trinajstić information content (AvgIpc) is 2.76. The SMILES string of the molecule is COc1ccccc1N1CCN(CCCOc2ccc(C(C)(C)C)cc2CO)CC1. The highest BCUT2D eigenvalue weighted by atomic mass is 16.5. The molecule has 1 N–H and O–H groups in total. The Morgan fingerprint density at radius 1 is 0.967 bits per heavy atom. The largest absolute Gasteiger partial charge is 0.495 e. The Labute approximate surface area is 181 Å². The molecule has 0 unspecified atom stereocenters. The maximum atomic E-state index is 9.72. The maximum absolute atomic E-state index is 9.72. The van der Waals surface area contributed by atoms with Crippen LogP contribution in [0.15, 0.2) is 42.5 Å². The van der Waals surface area contributed by atoms with E-state index in [4.69, 9.17) is 9.47 Å². The fourth-order valence-electron chi connectivity index (χ4n) is 3.88. The molecule has 30 heavy (non-hydrogen) atoms. The van der Waals surface area contributed by atoms with Crippen LogP contribution in [0.3, 0.4) is 0 Å². The molecule has 1 heterocycles. The smallest absolute Gasteiger partial charge is 0.142 e. The number of aliphatic hydroxyl groups is 1. The number of aliphatic hydroxyl groups excluding tert-OH is 1. The van der Waals surface area contributed by atoms with Crippen LogP contribution in [0.4, 0.5) is 5.69 Å². The summed E-state index contributed by atoms with van der Waals surface area (Å²) in [5.74, 6) is 1.74. The monoisotopic (exact) mass is 412 g/mol. The lowest BCUT2D eigenvalue weighted by Crippen LogP contribution is -2.46. The van der Waals surface area contributed by atoms with Gasteiger partial charge in [-0.2, -0.15) is 0 Å². The van der Waals surface area contributed by atoms with Crippen LogP contribution in [0.25, 0.3) is 0 Å². The molecule has 0 radical (unpaired) electrons. The Kier molecular flexibility index (Phi) is 7.62. The van der Waals surface area contributed by atoms with E-state index >= 15 is 0 Å². The fraction of sp³-hybridized carbons (Fsp3) is 0.520. The van der Waals surface area contributed by atoms with Crippen LogP contribution < -0.4 is 14.4 Å². The quantitative estimate of drug-likeness (QED) is 0.662. The minimum Gasteiger partial charge on any atom is -0.495 e. The lowest BCUT2D eigenvalue weighted by atomic mass is 9.86. The first-order chi connectivity index (χ1) is 14.4. The van der Waals surface area contributed by atoms with Crippen molar-refractivity contribution in [1.29, 1.82) is 0 Å². The van der Waals surface area contributed by atoms with E-state index in [1.165, 1.54) is 11.3 Å². The van der Waals surface area contributed by atoms with Gasteiger partial charge in [0.25, 0.3) is 0 Å². The first kappa shape index (κ1) is 22.4. The zero-order valence-electron chi connectivity index (χ0n) is 18.9. The number of methoxy groups -OCH3 is 1. The molecule has 5 nitrogen and oxygen atoms in total. The van der Waals surface area contributed by atoms with Crippen LogP contribution in [0.5, 0.6) is 11.5 Å². The summed E-state index contributed by atoms with van der Waals surface area (Å²) in [6.07, 6.45) is 0.973. The number of benzene rings is 2. The second-order valence-corrected chi connectivity index (χ2v) is 8.93. The lowest BCUT2D eigenvalue weighted by Gasteiger charge is -2.36. The first-order valence-electron chi connectivity index (χ1n) is 10.9. The predicted molar refractivity (Wildman–Crippen MR) is 123 cm³/mol. The van der Waals surface area contributed by atoms with Gasteiger partial charge in [-0.15, -0.1) is 0 Å². The number of para-hydroxylation sites is 2. The second-order valence-electron chi connectivity index (χ2n) is 8.93. The summed E-state index contributed by atoms with van der Waals surface area (Å²) in [5, 5.41) is 9.72. The highest BCUT2D eigenvalue weighted by Gasteiger charge is 2.19. The third kappa shape index (κ3) is 5.67. The van der Waals surface area contributed by atoms with Crippen molar-refractivity contribution in [1.82, 2.24) is 4.90 Å². The normalized spacial score (nSPS) is 15.3. The summed E-state index contributed by atoms with van der Waals surface area (Å²) in [6, 6.07) is 14.4.